The van der Waals surface area contributed by atoms with Gasteiger partial charge in [-0.15, -0.1) is 24.2 Å². The molecule has 2 aliphatic rings. The van der Waals surface area contributed by atoms with Gasteiger partial charge in [0.15, 0.2) is 0 Å². The highest BCUT2D eigenvalue weighted by molar-refractivity contribution is 8.00. The molecule has 23 heavy (non-hydrogen) atoms. The average Bonchev–Trinajstić information content (AvgIpc) is 2.78. The van der Waals surface area contributed by atoms with Gasteiger partial charge in [0.25, 0.3) is 5.69 Å². The van der Waals surface area contributed by atoms with Crippen LogP contribution in [0.4, 0.5) is 5.69 Å². The molecule has 1 N–H and O–H groups in total. The summed E-state index contributed by atoms with van der Waals surface area (Å²) in [7, 11) is 0. The van der Waals surface area contributed by atoms with E-state index < -0.39 is 4.92 Å². The zero-order chi connectivity index (χ0) is 15.5. The number of hydrogen-bond acceptors (Lipinski definition) is 5. The van der Waals surface area contributed by atoms with Crippen LogP contribution in [-0.2, 0) is 4.79 Å². The Balaban J connectivity index is 0.00000192. The van der Waals surface area contributed by atoms with Crippen molar-refractivity contribution >= 4 is 35.8 Å². The van der Waals surface area contributed by atoms with Crippen LogP contribution < -0.4 is 5.32 Å². The fourth-order valence-electron chi connectivity index (χ4n) is 3.27. The number of amides is 1. The van der Waals surface area contributed by atoms with E-state index in [1.807, 2.05) is 0 Å². The number of nitrogens with one attached hydrogen (secondary N) is 1. The van der Waals surface area contributed by atoms with Crippen LogP contribution in [0, 0.1) is 10.1 Å². The lowest BCUT2D eigenvalue weighted by Crippen LogP contribution is -2.43. The summed E-state index contributed by atoms with van der Waals surface area (Å²) < 4.78 is 0. The van der Waals surface area contributed by atoms with Crippen LogP contribution in [0.2, 0.25) is 0 Å². The van der Waals surface area contributed by atoms with Gasteiger partial charge in [0.1, 0.15) is 0 Å². The van der Waals surface area contributed by atoms with Gasteiger partial charge in [-0.25, -0.2) is 0 Å². The summed E-state index contributed by atoms with van der Waals surface area (Å²) in [5.41, 5.74) is 0.0762. The number of nitrogens with zero attached hydrogens (tertiary/aromatic N) is 2. The molecule has 0 aromatic heterocycles. The molecule has 2 aliphatic heterocycles. The highest BCUT2D eigenvalue weighted by Crippen LogP contribution is 2.29. The van der Waals surface area contributed by atoms with Gasteiger partial charge in [-0.3, -0.25) is 14.9 Å². The third-order valence-electron chi connectivity index (χ3n) is 4.35. The van der Waals surface area contributed by atoms with Crippen molar-refractivity contribution in [2.45, 2.75) is 36.2 Å². The Morgan fingerprint density at radius 3 is 2.65 bits per heavy atom. The van der Waals surface area contributed by atoms with Gasteiger partial charge in [-0.1, -0.05) is 0 Å². The first-order valence-corrected chi connectivity index (χ1v) is 8.53. The van der Waals surface area contributed by atoms with Crippen molar-refractivity contribution in [1.82, 2.24) is 10.2 Å². The third-order valence-corrected chi connectivity index (χ3v) is 5.35. The Bertz CT molecular complexity index is 556. The number of rotatable bonds is 4. The van der Waals surface area contributed by atoms with E-state index in [2.05, 4.69) is 10.2 Å². The van der Waals surface area contributed by atoms with Gasteiger partial charge < -0.3 is 10.2 Å². The molecule has 2 fully saturated rings. The summed E-state index contributed by atoms with van der Waals surface area (Å²) in [5, 5.41) is 14.0. The molecule has 0 saturated carbocycles. The first-order chi connectivity index (χ1) is 10.6. The normalized spacial score (nSPS) is 23.0. The predicted molar refractivity (Wildman–Crippen MR) is 92.2 cm³/mol. The lowest BCUT2D eigenvalue weighted by Gasteiger charge is -2.27. The van der Waals surface area contributed by atoms with Gasteiger partial charge >= 0.3 is 0 Å². The predicted octanol–water partition coefficient (Wildman–Crippen LogP) is 2.46. The average molecular weight is 358 g/mol. The topological polar surface area (TPSA) is 75.5 Å². The summed E-state index contributed by atoms with van der Waals surface area (Å²) in [4.78, 5) is 25.7. The molecule has 6 nitrogen and oxygen atoms in total. The maximum Gasteiger partial charge on any atom is 0.269 e. The Labute approximate surface area is 145 Å². The molecule has 1 amide bonds. The van der Waals surface area contributed by atoms with Crippen molar-refractivity contribution in [2.75, 3.05) is 18.8 Å². The number of carbonyl (C=O) groups excluding carboxylic acids is 1. The second-order valence-corrected chi connectivity index (χ2v) is 6.77. The van der Waals surface area contributed by atoms with E-state index >= 15 is 0 Å². The number of nitro groups is 1. The number of nitro benzene ring substituents is 1. The minimum Gasteiger partial charge on any atom is -0.335 e. The molecule has 2 saturated heterocycles. The van der Waals surface area contributed by atoms with E-state index in [1.165, 1.54) is 23.9 Å². The molecule has 2 bridgehead atoms. The molecule has 1 aromatic rings. The number of carbonyl (C=O) groups is 1. The van der Waals surface area contributed by atoms with Gasteiger partial charge in [-0.05, 0) is 37.9 Å². The quantitative estimate of drug-likeness (QED) is 0.509. The van der Waals surface area contributed by atoms with Gasteiger partial charge in [0.2, 0.25) is 5.91 Å². The van der Waals surface area contributed by atoms with Crippen LogP contribution in [0.15, 0.2) is 29.2 Å². The number of halogens is 1. The Morgan fingerprint density at radius 1 is 1.26 bits per heavy atom. The zero-order valence-electron chi connectivity index (χ0n) is 12.6. The molecular formula is C15H20ClN3O3S. The highest BCUT2D eigenvalue weighted by Gasteiger charge is 2.37. The maximum atomic E-state index is 12.5. The maximum absolute atomic E-state index is 12.5. The minimum absolute atomic E-state index is 0. The molecule has 2 unspecified atom stereocenters. The molecule has 1 aromatic carbocycles. The van der Waals surface area contributed by atoms with Crippen LogP contribution in [0.25, 0.3) is 0 Å². The molecule has 8 heteroatoms. The third kappa shape index (κ3) is 4.16. The lowest BCUT2D eigenvalue weighted by atomic mass is 10.1. The number of non-ortho nitro benzene ring substituents is 1. The Morgan fingerprint density at radius 2 is 1.96 bits per heavy atom. The second kappa shape index (κ2) is 7.99. The summed E-state index contributed by atoms with van der Waals surface area (Å²) >= 11 is 1.45. The Kier molecular flexibility index (Phi) is 6.26. The van der Waals surface area contributed by atoms with Crippen molar-refractivity contribution in [2.24, 2.45) is 0 Å². The molecule has 2 heterocycles. The van der Waals surface area contributed by atoms with E-state index in [0.29, 0.717) is 17.8 Å². The molecule has 3 rings (SSSR count). The smallest absolute Gasteiger partial charge is 0.269 e. The van der Waals surface area contributed by atoms with Crippen molar-refractivity contribution in [1.29, 1.82) is 0 Å². The van der Waals surface area contributed by atoms with Crippen molar-refractivity contribution in [3.63, 3.8) is 0 Å². The first kappa shape index (κ1) is 18.0. The monoisotopic (exact) mass is 357 g/mol. The zero-order valence-corrected chi connectivity index (χ0v) is 14.3. The van der Waals surface area contributed by atoms with Gasteiger partial charge in [0, 0.05) is 35.7 Å². The summed E-state index contributed by atoms with van der Waals surface area (Å²) in [5.74, 6) is 0.574. The number of hydrogen-bond donors (Lipinski definition) is 1. The SMILES string of the molecule is Cl.O=C(CSc1ccc([N+](=O)[O-])cc1)N1C2CCNCC1CC2. The fourth-order valence-corrected chi connectivity index (χ4v) is 4.04. The largest absolute Gasteiger partial charge is 0.335 e. The number of thioether (sulfide) groups is 1. The summed E-state index contributed by atoms with van der Waals surface area (Å²) in [6.45, 7) is 1.88. The molecule has 2 atom stereocenters. The molecule has 126 valence electrons. The fraction of sp³-hybridized carbons (Fsp3) is 0.533. The first-order valence-electron chi connectivity index (χ1n) is 7.54. The van der Waals surface area contributed by atoms with E-state index in [1.54, 1.807) is 12.1 Å². The van der Waals surface area contributed by atoms with Crippen LogP contribution >= 0.6 is 24.2 Å². The lowest BCUT2D eigenvalue weighted by molar-refractivity contribution is -0.384. The summed E-state index contributed by atoms with van der Waals surface area (Å²) in [6, 6.07) is 7.07. The van der Waals surface area contributed by atoms with Crippen LogP contribution in [-0.4, -0.2) is 46.7 Å². The molecule has 0 radical (unpaired) electrons. The molecule has 0 spiro atoms. The second-order valence-electron chi connectivity index (χ2n) is 5.72. The molecule has 0 aliphatic carbocycles. The van der Waals surface area contributed by atoms with Crippen molar-refractivity contribution < 1.29 is 9.72 Å². The van der Waals surface area contributed by atoms with E-state index in [4.69, 9.17) is 0 Å². The van der Waals surface area contributed by atoms with Crippen LogP contribution in [0.5, 0.6) is 0 Å². The van der Waals surface area contributed by atoms with Crippen LogP contribution in [0.1, 0.15) is 19.3 Å². The summed E-state index contributed by atoms with van der Waals surface area (Å²) in [6.07, 6.45) is 3.23. The van der Waals surface area contributed by atoms with Crippen molar-refractivity contribution in [3.8, 4) is 0 Å². The standard InChI is InChI=1S/C15H19N3O3S.ClH/c19-15(17-11-1-2-13(17)9-16-8-7-11)10-22-14-5-3-12(4-6-14)18(20)21;/h3-6,11,13,16H,1-2,7-10H2;1H. The van der Waals surface area contributed by atoms with Gasteiger partial charge in [0.05, 0.1) is 10.7 Å². The van der Waals surface area contributed by atoms with Crippen LogP contribution in [0.3, 0.4) is 0 Å². The van der Waals surface area contributed by atoms with E-state index in [9.17, 15) is 14.9 Å². The molecular weight excluding hydrogens is 338 g/mol. The minimum atomic E-state index is -0.415. The Hall–Kier alpha value is -1.31. The highest BCUT2D eigenvalue weighted by atomic mass is 35.5. The van der Waals surface area contributed by atoms with E-state index in [-0.39, 0.29) is 24.0 Å². The van der Waals surface area contributed by atoms with Gasteiger partial charge in [-0.2, -0.15) is 0 Å². The van der Waals surface area contributed by atoms with Crippen molar-refractivity contribution in [3.05, 3.63) is 34.4 Å². The van der Waals surface area contributed by atoms with E-state index in [0.717, 1.165) is 37.2 Å². The number of fused-ring (bicyclic) bond motifs is 2. The number of benzene rings is 1.